The van der Waals surface area contributed by atoms with Crippen molar-refractivity contribution in [2.45, 2.75) is 27.1 Å². The Labute approximate surface area is 108 Å². The number of hydrogen-bond donors (Lipinski definition) is 1. The topological polar surface area (TPSA) is 60.5 Å². The average Bonchev–Trinajstić information content (AvgIpc) is 2.30. The third-order valence-electron chi connectivity index (χ3n) is 2.41. The molecule has 0 spiro atoms. The van der Waals surface area contributed by atoms with Crippen LogP contribution in [0.2, 0.25) is 0 Å². The fourth-order valence-electron chi connectivity index (χ4n) is 1.33. The SMILES string of the molecule is COC(OC)c1ccnc(NC(=O)C(C)(C)C)c1. The second-order valence-electron chi connectivity index (χ2n) is 4.98. The van der Waals surface area contributed by atoms with Crippen LogP contribution in [-0.4, -0.2) is 25.1 Å². The monoisotopic (exact) mass is 252 g/mol. The highest BCUT2D eigenvalue weighted by Gasteiger charge is 2.21. The Balaban J connectivity index is 2.86. The Morgan fingerprint density at radius 1 is 1.33 bits per heavy atom. The molecule has 18 heavy (non-hydrogen) atoms. The molecular formula is C13H20N2O3. The van der Waals surface area contributed by atoms with Gasteiger partial charge < -0.3 is 14.8 Å². The van der Waals surface area contributed by atoms with Gasteiger partial charge in [0.25, 0.3) is 0 Å². The first-order valence-corrected chi connectivity index (χ1v) is 5.71. The molecule has 0 fully saturated rings. The molecule has 0 bridgehead atoms. The number of methoxy groups -OCH3 is 2. The number of rotatable bonds is 4. The van der Waals surface area contributed by atoms with Crippen molar-refractivity contribution in [2.75, 3.05) is 19.5 Å². The molecule has 1 rings (SSSR count). The average molecular weight is 252 g/mol. The van der Waals surface area contributed by atoms with Crippen LogP contribution in [0.1, 0.15) is 32.6 Å². The van der Waals surface area contributed by atoms with Crippen LogP contribution < -0.4 is 5.32 Å². The zero-order chi connectivity index (χ0) is 13.8. The van der Waals surface area contributed by atoms with Crippen LogP contribution in [0.15, 0.2) is 18.3 Å². The first-order valence-electron chi connectivity index (χ1n) is 5.71. The molecule has 0 radical (unpaired) electrons. The minimum atomic E-state index is -0.460. The largest absolute Gasteiger partial charge is 0.352 e. The molecule has 100 valence electrons. The van der Waals surface area contributed by atoms with Crippen molar-refractivity contribution in [3.63, 3.8) is 0 Å². The number of pyridine rings is 1. The van der Waals surface area contributed by atoms with E-state index in [9.17, 15) is 4.79 Å². The third kappa shape index (κ3) is 3.78. The molecule has 0 aliphatic rings. The van der Waals surface area contributed by atoms with E-state index < -0.39 is 11.7 Å². The first-order chi connectivity index (χ1) is 8.38. The zero-order valence-electron chi connectivity index (χ0n) is 11.5. The molecule has 0 unspecified atom stereocenters. The fourth-order valence-corrected chi connectivity index (χ4v) is 1.33. The molecule has 0 aromatic carbocycles. The Kier molecular flexibility index (Phi) is 4.81. The minimum absolute atomic E-state index is 0.0847. The van der Waals surface area contributed by atoms with E-state index >= 15 is 0 Å². The molecule has 1 heterocycles. The Bertz CT molecular complexity index is 409. The standard InChI is InChI=1S/C13H20N2O3/c1-13(2,3)12(16)15-10-8-9(6-7-14-10)11(17-4)18-5/h6-8,11H,1-5H3,(H,14,15,16). The first kappa shape index (κ1) is 14.6. The molecule has 1 amide bonds. The summed E-state index contributed by atoms with van der Waals surface area (Å²) in [5.41, 5.74) is 0.346. The van der Waals surface area contributed by atoms with Crippen LogP contribution in [0.4, 0.5) is 5.82 Å². The zero-order valence-corrected chi connectivity index (χ0v) is 11.5. The molecule has 5 heteroatoms. The van der Waals surface area contributed by atoms with E-state index in [1.54, 1.807) is 32.5 Å². The van der Waals surface area contributed by atoms with Gasteiger partial charge in [0.2, 0.25) is 5.91 Å². The van der Waals surface area contributed by atoms with Gasteiger partial charge in [-0.15, -0.1) is 0 Å². The number of aromatic nitrogens is 1. The lowest BCUT2D eigenvalue weighted by Crippen LogP contribution is -2.28. The summed E-state index contributed by atoms with van der Waals surface area (Å²) in [6.45, 7) is 5.54. The molecular weight excluding hydrogens is 232 g/mol. The van der Waals surface area contributed by atoms with Gasteiger partial charge in [0.1, 0.15) is 5.82 Å². The third-order valence-corrected chi connectivity index (χ3v) is 2.41. The van der Waals surface area contributed by atoms with E-state index in [1.807, 2.05) is 20.8 Å². The maximum atomic E-state index is 11.8. The number of nitrogens with one attached hydrogen (secondary N) is 1. The maximum Gasteiger partial charge on any atom is 0.230 e. The Morgan fingerprint density at radius 2 is 1.94 bits per heavy atom. The number of nitrogens with zero attached hydrogens (tertiary/aromatic N) is 1. The lowest BCUT2D eigenvalue weighted by atomic mass is 9.96. The molecule has 5 nitrogen and oxygen atoms in total. The van der Waals surface area contributed by atoms with E-state index in [2.05, 4.69) is 10.3 Å². The maximum absolute atomic E-state index is 11.8. The van der Waals surface area contributed by atoms with Crippen LogP contribution in [0.25, 0.3) is 0 Å². The van der Waals surface area contributed by atoms with E-state index in [4.69, 9.17) is 9.47 Å². The molecule has 1 aromatic heterocycles. The summed E-state index contributed by atoms with van der Waals surface area (Å²) >= 11 is 0. The number of anilines is 1. The van der Waals surface area contributed by atoms with Crippen molar-refractivity contribution in [3.8, 4) is 0 Å². The van der Waals surface area contributed by atoms with Crippen molar-refractivity contribution < 1.29 is 14.3 Å². The number of carbonyl (C=O) groups is 1. The van der Waals surface area contributed by atoms with E-state index in [0.717, 1.165) is 5.56 Å². The number of ether oxygens (including phenoxy) is 2. The number of hydrogen-bond acceptors (Lipinski definition) is 4. The van der Waals surface area contributed by atoms with Crippen LogP contribution in [-0.2, 0) is 14.3 Å². The summed E-state index contributed by atoms with van der Waals surface area (Å²) in [7, 11) is 3.12. The van der Waals surface area contributed by atoms with Gasteiger partial charge in [-0.1, -0.05) is 20.8 Å². The second-order valence-corrected chi connectivity index (χ2v) is 4.98. The van der Waals surface area contributed by atoms with E-state index in [0.29, 0.717) is 5.82 Å². The summed E-state index contributed by atoms with van der Waals surface area (Å²) < 4.78 is 10.3. The van der Waals surface area contributed by atoms with Gasteiger partial charge in [-0.25, -0.2) is 4.98 Å². The van der Waals surface area contributed by atoms with Crippen molar-refractivity contribution in [1.82, 2.24) is 4.98 Å². The molecule has 0 aliphatic heterocycles. The molecule has 0 saturated heterocycles. The van der Waals surface area contributed by atoms with Crippen LogP contribution in [0.5, 0.6) is 0 Å². The second kappa shape index (κ2) is 5.93. The molecule has 0 atom stereocenters. The van der Waals surface area contributed by atoms with Crippen LogP contribution in [0, 0.1) is 5.41 Å². The van der Waals surface area contributed by atoms with Gasteiger partial charge in [-0.2, -0.15) is 0 Å². The quantitative estimate of drug-likeness (QED) is 0.836. The predicted octanol–water partition coefficient (Wildman–Crippen LogP) is 2.36. The highest BCUT2D eigenvalue weighted by atomic mass is 16.7. The lowest BCUT2D eigenvalue weighted by Gasteiger charge is -2.18. The Hall–Kier alpha value is -1.46. The van der Waals surface area contributed by atoms with Gasteiger partial charge in [0.15, 0.2) is 6.29 Å². The summed E-state index contributed by atoms with van der Waals surface area (Å²) in [4.78, 5) is 15.9. The van der Waals surface area contributed by atoms with Gasteiger partial charge in [-0.05, 0) is 12.1 Å². The number of amides is 1. The fraction of sp³-hybridized carbons (Fsp3) is 0.538. The van der Waals surface area contributed by atoms with Crippen molar-refractivity contribution >= 4 is 11.7 Å². The summed E-state index contributed by atoms with van der Waals surface area (Å²) in [5.74, 6) is 0.407. The smallest absolute Gasteiger partial charge is 0.230 e. The van der Waals surface area contributed by atoms with Gasteiger partial charge in [0, 0.05) is 31.4 Å². The normalized spacial score (nSPS) is 11.7. The van der Waals surface area contributed by atoms with Crippen molar-refractivity contribution in [2.24, 2.45) is 5.41 Å². The van der Waals surface area contributed by atoms with Gasteiger partial charge >= 0.3 is 0 Å². The lowest BCUT2D eigenvalue weighted by molar-refractivity contribution is -0.123. The highest BCUT2D eigenvalue weighted by Crippen LogP contribution is 2.21. The molecule has 0 aliphatic carbocycles. The van der Waals surface area contributed by atoms with Crippen molar-refractivity contribution in [1.29, 1.82) is 0 Å². The predicted molar refractivity (Wildman–Crippen MR) is 69.1 cm³/mol. The van der Waals surface area contributed by atoms with Crippen LogP contribution >= 0.6 is 0 Å². The number of carbonyl (C=O) groups excluding carboxylic acids is 1. The highest BCUT2D eigenvalue weighted by molar-refractivity contribution is 5.93. The molecule has 1 aromatic rings. The molecule has 0 saturated carbocycles. The molecule has 1 N–H and O–H groups in total. The summed E-state index contributed by atoms with van der Waals surface area (Å²) in [5, 5.41) is 2.76. The summed E-state index contributed by atoms with van der Waals surface area (Å²) in [6, 6.07) is 3.52. The van der Waals surface area contributed by atoms with Gasteiger partial charge in [0.05, 0.1) is 0 Å². The van der Waals surface area contributed by atoms with E-state index in [-0.39, 0.29) is 5.91 Å². The van der Waals surface area contributed by atoms with E-state index in [1.165, 1.54) is 0 Å². The van der Waals surface area contributed by atoms with Crippen molar-refractivity contribution in [3.05, 3.63) is 23.9 Å². The minimum Gasteiger partial charge on any atom is -0.352 e. The van der Waals surface area contributed by atoms with Gasteiger partial charge in [-0.3, -0.25) is 4.79 Å². The van der Waals surface area contributed by atoms with Crippen LogP contribution in [0.3, 0.4) is 0 Å². The Morgan fingerprint density at radius 3 is 2.44 bits per heavy atom. The summed E-state index contributed by atoms with van der Waals surface area (Å²) in [6.07, 6.45) is 1.15.